The molecular formula is C18H23N3O3S2. The summed E-state index contributed by atoms with van der Waals surface area (Å²) in [5.41, 5.74) is 4.23. The number of hydrogen-bond acceptors (Lipinski definition) is 5. The molecule has 8 heteroatoms. The van der Waals surface area contributed by atoms with Gasteiger partial charge in [-0.15, -0.1) is 11.3 Å². The standard InChI is InChI=1S/C18H23N3O3S2/c1-12-6-7-15(13(2)9-12)16-11-25-18(19-16)20-17(22)14-5-4-8-21(10-14)26(3,23)24/h6-7,9,11,14H,4-5,8,10H2,1-3H3,(H,19,20,22). The fourth-order valence-electron chi connectivity index (χ4n) is 3.22. The van der Waals surface area contributed by atoms with E-state index in [1.54, 1.807) is 0 Å². The molecule has 26 heavy (non-hydrogen) atoms. The van der Waals surface area contributed by atoms with Crippen LogP contribution in [0.25, 0.3) is 11.3 Å². The lowest BCUT2D eigenvalue weighted by Gasteiger charge is -2.29. The van der Waals surface area contributed by atoms with E-state index in [2.05, 4.69) is 16.4 Å². The van der Waals surface area contributed by atoms with Crippen LogP contribution in [0.4, 0.5) is 5.13 Å². The van der Waals surface area contributed by atoms with Crippen LogP contribution < -0.4 is 5.32 Å². The second kappa shape index (κ2) is 7.46. The maximum absolute atomic E-state index is 12.5. The third-order valence-corrected chi connectivity index (χ3v) is 6.64. The number of anilines is 1. The second-order valence-electron chi connectivity index (χ2n) is 6.81. The maximum atomic E-state index is 12.5. The number of piperidine rings is 1. The van der Waals surface area contributed by atoms with Gasteiger partial charge in [-0.25, -0.2) is 17.7 Å². The van der Waals surface area contributed by atoms with Crippen molar-refractivity contribution < 1.29 is 13.2 Å². The molecule has 1 aliphatic heterocycles. The van der Waals surface area contributed by atoms with Gasteiger partial charge in [-0.05, 0) is 32.3 Å². The minimum absolute atomic E-state index is 0.167. The number of nitrogens with one attached hydrogen (secondary N) is 1. The summed E-state index contributed by atoms with van der Waals surface area (Å²) in [6, 6.07) is 6.19. The highest BCUT2D eigenvalue weighted by atomic mass is 32.2. The molecule has 0 aliphatic carbocycles. The monoisotopic (exact) mass is 393 g/mol. The first-order valence-corrected chi connectivity index (χ1v) is 11.3. The summed E-state index contributed by atoms with van der Waals surface area (Å²) in [5.74, 6) is -0.508. The van der Waals surface area contributed by atoms with Crippen molar-refractivity contribution in [3.05, 3.63) is 34.7 Å². The maximum Gasteiger partial charge on any atom is 0.230 e. The van der Waals surface area contributed by atoms with Crippen LogP contribution in [-0.2, 0) is 14.8 Å². The summed E-state index contributed by atoms with van der Waals surface area (Å²) in [4.78, 5) is 17.1. The highest BCUT2D eigenvalue weighted by Crippen LogP contribution is 2.29. The molecule has 1 saturated heterocycles. The van der Waals surface area contributed by atoms with Gasteiger partial charge >= 0.3 is 0 Å². The molecule has 1 unspecified atom stereocenters. The number of nitrogens with zero attached hydrogens (tertiary/aromatic N) is 2. The van der Waals surface area contributed by atoms with Crippen molar-refractivity contribution in [2.75, 3.05) is 24.7 Å². The lowest BCUT2D eigenvalue weighted by atomic mass is 9.99. The Kier molecular flexibility index (Phi) is 5.45. The zero-order valence-electron chi connectivity index (χ0n) is 15.2. The minimum Gasteiger partial charge on any atom is -0.302 e. The Morgan fingerprint density at radius 3 is 2.81 bits per heavy atom. The van der Waals surface area contributed by atoms with Crippen LogP contribution in [0.2, 0.25) is 0 Å². The van der Waals surface area contributed by atoms with Gasteiger partial charge in [0.2, 0.25) is 15.9 Å². The van der Waals surface area contributed by atoms with E-state index in [9.17, 15) is 13.2 Å². The molecule has 1 fully saturated rings. The number of aromatic nitrogens is 1. The summed E-state index contributed by atoms with van der Waals surface area (Å²) in [7, 11) is -3.27. The minimum atomic E-state index is -3.27. The van der Waals surface area contributed by atoms with Crippen molar-refractivity contribution in [3.63, 3.8) is 0 Å². The molecule has 6 nitrogen and oxygen atoms in total. The topological polar surface area (TPSA) is 79.4 Å². The van der Waals surface area contributed by atoms with E-state index in [0.717, 1.165) is 16.8 Å². The van der Waals surface area contributed by atoms with Gasteiger partial charge < -0.3 is 5.32 Å². The van der Waals surface area contributed by atoms with Crippen LogP contribution >= 0.6 is 11.3 Å². The van der Waals surface area contributed by atoms with E-state index in [4.69, 9.17) is 0 Å². The van der Waals surface area contributed by atoms with Gasteiger partial charge in [0.15, 0.2) is 5.13 Å². The van der Waals surface area contributed by atoms with E-state index in [-0.39, 0.29) is 18.4 Å². The molecule has 0 saturated carbocycles. The fraction of sp³-hybridized carbons (Fsp3) is 0.444. The summed E-state index contributed by atoms with van der Waals surface area (Å²) < 4.78 is 24.8. The van der Waals surface area contributed by atoms with Gasteiger partial charge in [0, 0.05) is 24.0 Å². The predicted molar refractivity (Wildman–Crippen MR) is 105 cm³/mol. The average molecular weight is 394 g/mol. The lowest BCUT2D eigenvalue weighted by molar-refractivity contribution is -0.120. The number of aryl methyl sites for hydroxylation is 2. The largest absolute Gasteiger partial charge is 0.302 e. The van der Waals surface area contributed by atoms with Gasteiger partial charge in [0.05, 0.1) is 17.9 Å². The van der Waals surface area contributed by atoms with Crippen LogP contribution in [0.1, 0.15) is 24.0 Å². The van der Waals surface area contributed by atoms with Gasteiger partial charge in [-0.2, -0.15) is 0 Å². The predicted octanol–water partition coefficient (Wildman–Crippen LogP) is 3.04. The highest BCUT2D eigenvalue weighted by molar-refractivity contribution is 7.88. The smallest absolute Gasteiger partial charge is 0.230 e. The first kappa shape index (κ1) is 19.0. The molecule has 1 atom stereocenters. The van der Waals surface area contributed by atoms with Crippen molar-refractivity contribution in [3.8, 4) is 11.3 Å². The third kappa shape index (κ3) is 4.31. The van der Waals surface area contributed by atoms with Crippen molar-refractivity contribution in [2.24, 2.45) is 5.92 Å². The summed E-state index contributed by atoms with van der Waals surface area (Å²) >= 11 is 1.38. The second-order valence-corrected chi connectivity index (χ2v) is 9.65. The Morgan fingerprint density at radius 1 is 1.35 bits per heavy atom. The number of benzene rings is 1. The van der Waals surface area contributed by atoms with Gasteiger partial charge in [0.1, 0.15) is 0 Å². The Balaban J connectivity index is 1.70. The number of carbonyl (C=O) groups is 1. The zero-order chi connectivity index (χ0) is 18.9. The fourth-order valence-corrected chi connectivity index (χ4v) is 4.85. The molecule has 1 amide bonds. The zero-order valence-corrected chi connectivity index (χ0v) is 16.8. The van der Waals surface area contributed by atoms with E-state index >= 15 is 0 Å². The molecule has 0 radical (unpaired) electrons. The first-order chi connectivity index (χ1) is 12.2. The number of carbonyl (C=O) groups excluding carboxylic acids is 1. The van der Waals surface area contributed by atoms with E-state index in [0.29, 0.717) is 24.5 Å². The normalized spacial score (nSPS) is 18.7. The van der Waals surface area contributed by atoms with E-state index in [1.165, 1.54) is 27.5 Å². The quantitative estimate of drug-likeness (QED) is 0.866. The molecule has 1 aliphatic rings. The molecule has 140 valence electrons. The number of thiazole rings is 1. The van der Waals surface area contributed by atoms with Crippen molar-refractivity contribution >= 4 is 32.4 Å². The Bertz CT molecular complexity index is 922. The Hall–Kier alpha value is -1.77. The number of sulfonamides is 1. The third-order valence-electron chi connectivity index (χ3n) is 4.62. The van der Waals surface area contributed by atoms with Crippen molar-refractivity contribution in [1.29, 1.82) is 0 Å². The molecule has 1 aromatic carbocycles. The molecule has 2 heterocycles. The molecular weight excluding hydrogens is 370 g/mol. The first-order valence-electron chi connectivity index (χ1n) is 8.53. The van der Waals surface area contributed by atoms with E-state index < -0.39 is 10.0 Å². The van der Waals surface area contributed by atoms with Gasteiger partial charge in [0.25, 0.3) is 0 Å². The van der Waals surface area contributed by atoms with E-state index in [1.807, 2.05) is 31.4 Å². The summed E-state index contributed by atoms with van der Waals surface area (Å²) in [6.07, 6.45) is 2.56. The number of hydrogen-bond donors (Lipinski definition) is 1. The lowest BCUT2D eigenvalue weighted by Crippen LogP contribution is -2.43. The molecule has 0 spiro atoms. The molecule has 2 aromatic rings. The van der Waals surface area contributed by atoms with Crippen LogP contribution in [0, 0.1) is 19.8 Å². The Morgan fingerprint density at radius 2 is 2.12 bits per heavy atom. The summed E-state index contributed by atoms with van der Waals surface area (Å²) in [5, 5.41) is 5.32. The SMILES string of the molecule is Cc1ccc(-c2csc(NC(=O)C3CCCN(S(C)(=O)=O)C3)n2)c(C)c1. The van der Waals surface area contributed by atoms with Crippen LogP contribution in [-0.4, -0.2) is 43.0 Å². The van der Waals surface area contributed by atoms with Crippen molar-refractivity contribution in [1.82, 2.24) is 9.29 Å². The summed E-state index contributed by atoms with van der Waals surface area (Å²) in [6.45, 7) is 4.81. The Labute approximate surface area is 158 Å². The number of rotatable bonds is 4. The van der Waals surface area contributed by atoms with Crippen LogP contribution in [0.3, 0.4) is 0 Å². The molecule has 0 bridgehead atoms. The molecule has 1 N–H and O–H groups in total. The average Bonchev–Trinajstić information content (AvgIpc) is 3.02. The highest BCUT2D eigenvalue weighted by Gasteiger charge is 2.30. The number of amides is 1. The van der Waals surface area contributed by atoms with Gasteiger partial charge in [-0.3, -0.25) is 4.79 Å². The van der Waals surface area contributed by atoms with Gasteiger partial charge in [-0.1, -0.05) is 23.8 Å². The van der Waals surface area contributed by atoms with Crippen LogP contribution in [0.15, 0.2) is 23.6 Å². The molecule has 1 aromatic heterocycles. The van der Waals surface area contributed by atoms with Crippen molar-refractivity contribution in [2.45, 2.75) is 26.7 Å². The molecule has 3 rings (SSSR count). The van der Waals surface area contributed by atoms with Crippen LogP contribution in [0.5, 0.6) is 0 Å².